The highest BCUT2D eigenvalue weighted by molar-refractivity contribution is 6.10. The Morgan fingerprint density at radius 1 is 1.08 bits per heavy atom. The zero-order valence-electron chi connectivity index (χ0n) is 20.4. The SMILES string of the molecule is CCN(C)c1ccc2c(c1)OC(F)(F)O2.O=CCn1nc(C(=O)Nc2ccccn2)c2ccccc2c1=O. The van der Waals surface area contributed by atoms with Crippen molar-refractivity contribution >= 4 is 34.5 Å². The lowest BCUT2D eigenvalue weighted by Crippen LogP contribution is -2.28. The first-order valence-electron chi connectivity index (χ1n) is 11.5. The van der Waals surface area contributed by atoms with Crippen molar-refractivity contribution in [1.82, 2.24) is 14.8 Å². The van der Waals surface area contributed by atoms with Gasteiger partial charge in [0.15, 0.2) is 17.2 Å². The monoisotopic (exact) mass is 523 g/mol. The van der Waals surface area contributed by atoms with Crippen molar-refractivity contribution in [3.05, 3.63) is 82.9 Å². The van der Waals surface area contributed by atoms with Gasteiger partial charge in [-0.2, -0.15) is 5.10 Å². The summed E-state index contributed by atoms with van der Waals surface area (Å²) < 4.78 is 35.0. The smallest absolute Gasteiger partial charge is 0.395 e. The molecule has 0 saturated heterocycles. The number of nitrogens with one attached hydrogen (secondary N) is 1. The molecule has 12 heteroatoms. The molecule has 2 aromatic heterocycles. The van der Waals surface area contributed by atoms with E-state index in [1.54, 1.807) is 60.8 Å². The van der Waals surface area contributed by atoms with E-state index in [2.05, 4.69) is 24.9 Å². The number of aldehydes is 1. The van der Waals surface area contributed by atoms with Crippen molar-refractivity contribution in [2.24, 2.45) is 0 Å². The van der Waals surface area contributed by atoms with E-state index in [0.29, 0.717) is 22.9 Å². The number of alkyl halides is 2. The van der Waals surface area contributed by atoms with Gasteiger partial charge in [-0.15, -0.1) is 8.78 Å². The second-order valence-corrected chi connectivity index (χ2v) is 8.03. The molecule has 0 spiro atoms. The van der Waals surface area contributed by atoms with E-state index in [0.717, 1.165) is 16.9 Å². The van der Waals surface area contributed by atoms with Crippen LogP contribution in [0.15, 0.2) is 71.7 Å². The Labute approximate surface area is 215 Å². The van der Waals surface area contributed by atoms with Crippen LogP contribution >= 0.6 is 0 Å². The van der Waals surface area contributed by atoms with E-state index >= 15 is 0 Å². The predicted molar refractivity (Wildman–Crippen MR) is 136 cm³/mol. The van der Waals surface area contributed by atoms with Crippen molar-refractivity contribution in [2.45, 2.75) is 19.8 Å². The number of amides is 1. The number of fused-ring (bicyclic) bond motifs is 2. The quantitative estimate of drug-likeness (QED) is 0.381. The minimum Gasteiger partial charge on any atom is -0.395 e. The van der Waals surface area contributed by atoms with Gasteiger partial charge in [0.2, 0.25) is 0 Å². The molecule has 1 amide bonds. The summed E-state index contributed by atoms with van der Waals surface area (Å²) >= 11 is 0. The average molecular weight is 523 g/mol. The maximum Gasteiger partial charge on any atom is 0.586 e. The molecule has 0 unspecified atom stereocenters. The first kappa shape index (κ1) is 26.2. The topological polar surface area (TPSA) is 116 Å². The van der Waals surface area contributed by atoms with Gasteiger partial charge in [0.1, 0.15) is 18.6 Å². The van der Waals surface area contributed by atoms with Gasteiger partial charge in [0.05, 0.1) is 5.39 Å². The van der Waals surface area contributed by atoms with Crippen LogP contribution in [-0.2, 0) is 11.3 Å². The van der Waals surface area contributed by atoms with E-state index in [9.17, 15) is 23.2 Å². The van der Waals surface area contributed by atoms with Crippen LogP contribution in [0.4, 0.5) is 20.3 Å². The number of benzene rings is 2. The number of carbonyl (C=O) groups excluding carboxylic acids is 2. The molecular formula is C26H23F2N5O5. The number of nitrogens with zero attached hydrogens (tertiary/aromatic N) is 4. The average Bonchev–Trinajstić information content (AvgIpc) is 3.23. The lowest BCUT2D eigenvalue weighted by molar-refractivity contribution is -0.286. The minimum absolute atomic E-state index is 0.0627. The molecule has 4 aromatic rings. The first-order valence-corrected chi connectivity index (χ1v) is 11.5. The molecule has 0 saturated carbocycles. The molecule has 196 valence electrons. The molecule has 5 rings (SSSR count). The molecule has 0 radical (unpaired) electrons. The number of halogens is 2. The predicted octanol–water partition coefficient (Wildman–Crippen LogP) is 3.71. The highest BCUT2D eigenvalue weighted by Crippen LogP contribution is 2.42. The largest absolute Gasteiger partial charge is 0.586 e. The number of rotatable bonds is 6. The first-order chi connectivity index (χ1) is 18.2. The van der Waals surface area contributed by atoms with E-state index in [1.807, 2.05) is 18.9 Å². The van der Waals surface area contributed by atoms with Crippen molar-refractivity contribution in [2.75, 3.05) is 23.8 Å². The number of hydrogen-bond acceptors (Lipinski definition) is 8. The van der Waals surface area contributed by atoms with Gasteiger partial charge in [-0.3, -0.25) is 9.59 Å². The Morgan fingerprint density at radius 3 is 2.47 bits per heavy atom. The fraction of sp³-hybridized carbons (Fsp3) is 0.192. The van der Waals surface area contributed by atoms with Gasteiger partial charge in [-0.1, -0.05) is 24.3 Å². The molecule has 1 aliphatic heterocycles. The fourth-order valence-electron chi connectivity index (χ4n) is 3.57. The molecule has 10 nitrogen and oxygen atoms in total. The van der Waals surface area contributed by atoms with Crippen molar-refractivity contribution in [1.29, 1.82) is 0 Å². The standard InChI is InChI=1S/C16H12N4O3.C10H11F2NO2/c21-10-9-20-16(23)12-6-2-1-5-11(12)14(19-20)15(22)18-13-7-3-4-8-17-13;1-3-13(2)7-4-5-8-9(6-7)15-10(11,12)14-8/h1-8,10H,9H2,(H,17,18,22);4-6H,3H2,1-2H3. The lowest BCUT2D eigenvalue weighted by Gasteiger charge is -2.16. The number of carbonyl (C=O) groups is 2. The van der Waals surface area contributed by atoms with Gasteiger partial charge in [-0.25, -0.2) is 9.67 Å². The molecule has 0 aliphatic carbocycles. The number of aromatic nitrogens is 3. The van der Waals surface area contributed by atoms with E-state index < -0.39 is 17.8 Å². The van der Waals surface area contributed by atoms with Crippen molar-refractivity contribution < 1.29 is 27.8 Å². The lowest BCUT2D eigenvalue weighted by atomic mass is 10.1. The summed E-state index contributed by atoms with van der Waals surface area (Å²) in [6.45, 7) is 2.54. The van der Waals surface area contributed by atoms with Gasteiger partial charge < -0.3 is 24.5 Å². The molecule has 1 aliphatic rings. The summed E-state index contributed by atoms with van der Waals surface area (Å²) in [5.74, 6) is 0.0297. The number of anilines is 2. The van der Waals surface area contributed by atoms with Crippen LogP contribution < -0.4 is 25.2 Å². The Hall–Kier alpha value is -4.87. The van der Waals surface area contributed by atoms with Crippen LogP contribution in [0.1, 0.15) is 17.4 Å². The third-order valence-corrected chi connectivity index (χ3v) is 5.54. The van der Waals surface area contributed by atoms with Crippen LogP contribution in [0.3, 0.4) is 0 Å². The molecule has 3 heterocycles. The maximum atomic E-state index is 12.7. The molecular weight excluding hydrogens is 500 g/mol. The molecule has 2 aromatic carbocycles. The van der Waals surface area contributed by atoms with Gasteiger partial charge in [-0.05, 0) is 37.3 Å². The number of pyridine rings is 1. The Balaban J connectivity index is 0.000000194. The summed E-state index contributed by atoms with van der Waals surface area (Å²) in [6, 6.07) is 16.5. The van der Waals surface area contributed by atoms with Crippen LogP contribution in [0, 0.1) is 0 Å². The van der Waals surface area contributed by atoms with E-state index in [-0.39, 0.29) is 23.7 Å². The third kappa shape index (κ3) is 5.75. The van der Waals surface area contributed by atoms with Crippen molar-refractivity contribution in [3.63, 3.8) is 0 Å². The molecule has 0 atom stereocenters. The fourth-order valence-corrected chi connectivity index (χ4v) is 3.57. The van der Waals surface area contributed by atoms with Crippen LogP contribution in [0.2, 0.25) is 0 Å². The number of hydrogen-bond donors (Lipinski definition) is 1. The summed E-state index contributed by atoms with van der Waals surface area (Å²) in [5, 5.41) is 7.40. The van der Waals surface area contributed by atoms with Gasteiger partial charge in [0, 0.05) is 36.9 Å². The van der Waals surface area contributed by atoms with Crippen molar-refractivity contribution in [3.8, 4) is 11.5 Å². The van der Waals surface area contributed by atoms with Crippen LogP contribution in [-0.4, -0.2) is 46.8 Å². The Kier molecular flexibility index (Phi) is 7.61. The Bertz CT molecular complexity index is 1530. The molecule has 0 fully saturated rings. The maximum absolute atomic E-state index is 12.7. The second-order valence-electron chi connectivity index (χ2n) is 8.03. The minimum atomic E-state index is -3.54. The summed E-state index contributed by atoms with van der Waals surface area (Å²) in [7, 11) is 1.87. The zero-order chi connectivity index (χ0) is 27.3. The second kappa shape index (κ2) is 11.0. The van der Waals surface area contributed by atoms with Crippen LogP contribution in [0.25, 0.3) is 10.8 Å². The Morgan fingerprint density at radius 2 is 1.79 bits per heavy atom. The van der Waals surface area contributed by atoms with E-state index in [1.165, 1.54) is 6.07 Å². The van der Waals surface area contributed by atoms with Crippen LogP contribution in [0.5, 0.6) is 11.5 Å². The zero-order valence-corrected chi connectivity index (χ0v) is 20.4. The number of ether oxygens (including phenoxy) is 2. The van der Waals surface area contributed by atoms with Gasteiger partial charge in [0.25, 0.3) is 11.5 Å². The summed E-state index contributed by atoms with van der Waals surface area (Å²) in [4.78, 5) is 41.4. The highest BCUT2D eigenvalue weighted by Gasteiger charge is 2.43. The normalized spacial score (nSPS) is 12.8. The van der Waals surface area contributed by atoms with E-state index in [4.69, 9.17) is 0 Å². The molecule has 0 bridgehead atoms. The summed E-state index contributed by atoms with van der Waals surface area (Å²) in [5.41, 5.74) is 0.465. The molecule has 38 heavy (non-hydrogen) atoms. The third-order valence-electron chi connectivity index (χ3n) is 5.54. The highest BCUT2D eigenvalue weighted by atomic mass is 19.3. The molecule has 1 N–H and O–H groups in total. The summed E-state index contributed by atoms with van der Waals surface area (Å²) in [6.07, 6.45) is -1.43. The van der Waals surface area contributed by atoms with Gasteiger partial charge >= 0.3 is 6.29 Å².